The predicted octanol–water partition coefficient (Wildman–Crippen LogP) is 4.37. The fourth-order valence-corrected chi connectivity index (χ4v) is 3.58. The molecule has 4 heteroatoms. The van der Waals surface area contributed by atoms with Crippen molar-refractivity contribution in [2.45, 2.75) is 51.5 Å². The van der Waals surface area contributed by atoms with E-state index in [2.05, 4.69) is 52.1 Å². The van der Waals surface area contributed by atoms with E-state index in [1.165, 1.54) is 22.3 Å². The lowest BCUT2D eigenvalue weighted by Crippen LogP contribution is -2.36. The van der Waals surface area contributed by atoms with Crippen molar-refractivity contribution in [3.63, 3.8) is 0 Å². The fourth-order valence-electron chi connectivity index (χ4n) is 2.24. The maximum Gasteiger partial charge on any atom is 0.221 e. The molecule has 1 aromatic carbocycles. The van der Waals surface area contributed by atoms with Gasteiger partial charge in [0.25, 0.3) is 0 Å². The maximum atomic E-state index is 11.5. The third-order valence-corrected chi connectivity index (χ3v) is 5.03. The topological polar surface area (TPSA) is 29.1 Å². The van der Waals surface area contributed by atoms with Gasteiger partial charge in [-0.05, 0) is 51.3 Å². The molecule has 0 bridgehead atoms. The van der Waals surface area contributed by atoms with E-state index in [1.54, 1.807) is 0 Å². The van der Waals surface area contributed by atoms with Crippen molar-refractivity contribution in [1.29, 1.82) is 0 Å². The van der Waals surface area contributed by atoms with Gasteiger partial charge in [-0.3, -0.25) is 4.79 Å². The van der Waals surface area contributed by atoms with Crippen LogP contribution in [0.25, 0.3) is 0 Å². The number of carbonyl (C=O) groups excluding carboxylic acids is 1. The summed E-state index contributed by atoms with van der Waals surface area (Å²) < 4.78 is 0.00569. The second-order valence-electron chi connectivity index (χ2n) is 6.14. The molecular formula is C17H26ClNOS. The minimum atomic E-state index is 0.00569. The Bertz CT molecular complexity index is 477. The van der Waals surface area contributed by atoms with Crippen LogP contribution in [0.3, 0.4) is 0 Å². The quantitative estimate of drug-likeness (QED) is 0.753. The zero-order valence-electron chi connectivity index (χ0n) is 13.7. The van der Waals surface area contributed by atoms with E-state index in [4.69, 9.17) is 11.6 Å². The molecule has 21 heavy (non-hydrogen) atoms. The predicted molar refractivity (Wildman–Crippen MR) is 94.4 cm³/mol. The Hall–Kier alpha value is -0.670. The van der Waals surface area contributed by atoms with Gasteiger partial charge >= 0.3 is 0 Å². The van der Waals surface area contributed by atoms with Crippen molar-refractivity contribution in [2.75, 3.05) is 12.4 Å². The molecule has 0 aromatic heterocycles. The van der Waals surface area contributed by atoms with Crippen LogP contribution in [0, 0.1) is 20.8 Å². The van der Waals surface area contributed by atoms with E-state index >= 15 is 0 Å². The van der Waals surface area contributed by atoms with Gasteiger partial charge in [0.2, 0.25) is 5.91 Å². The average molecular weight is 328 g/mol. The molecule has 0 spiro atoms. The highest BCUT2D eigenvalue weighted by atomic mass is 35.5. The number of hydrogen-bond donors (Lipinski definition) is 1. The Labute approximate surface area is 138 Å². The highest BCUT2D eigenvalue weighted by molar-refractivity contribution is 7.99. The summed E-state index contributed by atoms with van der Waals surface area (Å²) in [6, 6.07) is 4.47. The van der Waals surface area contributed by atoms with E-state index < -0.39 is 0 Å². The lowest BCUT2D eigenvalue weighted by atomic mass is 10.0. The highest BCUT2D eigenvalue weighted by Crippen LogP contribution is 2.30. The van der Waals surface area contributed by atoms with Crippen molar-refractivity contribution in [3.8, 4) is 0 Å². The standard InChI is InChI=1S/C17H26ClNOS/c1-12-8-13(2)15(14(3)9-12)10-21-17(4,5)11-19-16(20)6-7-18/h8-9H,6-7,10-11H2,1-5H3,(H,19,20). The SMILES string of the molecule is Cc1cc(C)c(CSC(C)(C)CNC(=O)CCCl)c(C)c1. The van der Waals surface area contributed by atoms with Crippen LogP contribution in [0.2, 0.25) is 0 Å². The lowest BCUT2D eigenvalue weighted by molar-refractivity contribution is -0.120. The molecule has 0 fully saturated rings. The summed E-state index contributed by atoms with van der Waals surface area (Å²) in [6.07, 6.45) is 0.387. The molecule has 0 aliphatic rings. The molecule has 0 heterocycles. The lowest BCUT2D eigenvalue weighted by Gasteiger charge is -2.25. The molecule has 0 radical (unpaired) electrons. The summed E-state index contributed by atoms with van der Waals surface area (Å²) in [5.74, 6) is 1.37. The molecule has 0 unspecified atom stereocenters. The van der Waals surface area contributed by atoms with Crippen LogP contribution in [0.15, 0.2) is 12.1 Å². The van der Waals surface area contributed by atoms with Crippen LogP contribution in [0.1, 0.15) is 42.5 Å². The second kappa shape index (κ2) is 8.09. The largest absolute Gasteiger partial charge is 0.355 e. The fraction of sp³-hybridized carbons (Fsp3) is 0.588. The molecule has 1 N–H and O–H groups in total. The molecule has 0 saturated heterocycles. The zero-order valence-corrected chi connectivity index (χ0v) is 15.3. The van der Waals surface area contributed by atoms with E-state index in [9.17, 15) is 4.79 Å². The summed E-state index contributed by atoms with van der Waals surface area (Å²) in [4.78, 5) is 11.5. The second-order valence-corrected chi connectivity index (χ2v) is 8.20. The van der Waals surface area contributed by atoms with E-state index in [-0.39, 0.29) is 10.7 Å². The van der Waals surface area contributed by atoms with Crippen LogP contribution in [-0.4, -0.2) is 23.1 Å². The van der Waals surface area contributed by atoms with E-state index in [0.717, 1.165) is 5.75 Å². The molecule has 0 aliphatic carbocycles. The molecule has 118 valence electrons. The smallest absolute Gasteiger partial charge is 0.221 e. The third-order valence-electron chi connectivity index (χ3n) is 3.48. The first-order chi connectivity index (χ1) is 9.75. The summed E-state index contributed by atoms with van der Waals surface area (Å²) in [6.45, 7) is 11.5. The summed E-state index contributed by atoms with van der Waals surface area (Å²) >= 11 is 7.45. The Morgan fingerprint density at radius 1 is 1.24 bits per heavy atom. The molecule has 0 saturated carbocycles. The van der Waals surface area contributed by atoms with Gasteiger partial charge in [-0.1, -0.05) is 17.7 Å². The van der Waals surface area contributed by atoms with E-state index in [0.29, 0.717) is 18.8 Å². The Kier molecular flexibility index (Phi) is 7.08. The number of benzene rings is 1. The van der Waals surface area contributed by atoms with Gasteiger partial charge < -0.3 is 5.32 Å². The van der Waals surface area contributed by atoms with Gasteiger partial charge in [-0.25, -0.2) is 0 Å². The number of rotatable bonds is 7. The highest BCUT2D eigenvalue weighted by Gasteiger charge is 2.20. The number of alkyl halides is 1. The van der Waals surface area contributed by atoms with Crippen molar-refractivity contribution < 1.29 is 4.79 Å². The molecule has 1 rings (SSSR count). The van der Waals surface area contributed by atoms with Crippen molar-refractivity contribution in [2.24, 2.45) is 0 Å². The summed E-state index contributed by atoms with van der Waals surface area (Å²) in [5.41, 5.74) is 5.42. The molecule has 2 nitrogen and oxygen atoms in total. The first kappa shape index (κ1) is 18.4. The Morgan fingerprint density at radius 3 is 2.33 bits per heavy atom. The normalized spacial score (nSPS) is 11.5. The first-order valence-electron chi connectivity index (χ1n) is 7.28. The van der Waals surface area contributed by atoms with Gasteiger partial charge in [-0.2, -0.15) is 0 Å². The molecular weight excluding hydrogens is 302 g/mol. The number of aryl methyl sites for hydroxylation is 3. The number of nitrogens with one attached hydrogen (secondary N) is 1. The van der Waals surface area contributed by atoms with Crippen LogP contribution in [-0.2, 0) is 10.5 Å². The Morgan fingerprint density at radius 2 is 1.81 bits per heavy atom. The summed E-state index contributed by atoms with van der Waals surface area (Å²) in [5, 5.41) is 2.95. The van der Waals surface area contributed by atoms with Gasteiger partial charge in [0, 0.05) is 29.3 Å². The zero-order chi connectivity index (χ0) is 16.0. The third kappa shape index (κ3) is 6.31. The van der Waals surface area contributed by atoms with Gasteiger partial charge in [-0.15, -0.1) is 23.4 Å². The van der Waals surface area contributed by atoms with Crippen molar-refractivity contribution in [1.82, 2.24) is 5.32 Å². The minimum absolute atomic E-state index is 0.00569. The van der Waals surface area contributed by atoms with E-state index in [1.807, 2.05) is 11.8 Å². The van der Waals surface area contributed by atoms with Crippen LogP contribution in [0.4, 0.5) is 0 Å². The number of halogens is 1. The monoisotopic (exact) mass is 327 g/mol. The molecule has 1 aromatic rings. The molecule has 0 atom stereocenters. The first-order valence-corrected chi connectivity index (χ1v) is 8.80. The van der Waals surface area contributed by atoms with Crippen LogP contribution in [0.5, 0.6) is 0 Å². The van der Waals surface area contributed by atoms with Crippen molar-refractivity contribution in [3.05, 3.63) is 34.4 Å². The molecule has 1 amide bonds. The summed E-state index contributed by atoms with van der Waals surface area (Å²) in [7, 11) is 0. The number of carbonyl (C=O) groups is 1. The van der Waals surface area contributed by atoms with Gasteiger partial charge in [0.15, 0.2) is 0 Å². The number of amides is 1. The van der Waals surface area contributed by atoms with Crippen LogP contribution < -0.4 is 5.32 Å². The molecule has 0 aliphatic heterocycles. The van der Waals surface area contributed by atoms with Gasteiger partial charge in [0.1, 0.15) is 0 Å². The minimum Gasteiger partial charge on any atom is -0.355 e. The number of hydrogen-bond acceptors (Lipinski definition) is 2. The average Bonchev–Trinajstić information content (AvgIpc) is 2.35. The Balaban J connectivity index is 2.59. The maximum absolute atomic E-state index is 11.5. The van der Waals surface area contributed by atoms with Crippen LogP contribution >= 0.6 is 23.4 Å². The number of thioether (sulfide) groups is 1. The van der Waals surface area contributed by atoms with Gasteiger partial charge in [0.05, 0.1) is 0 Å². The van der Waals surface area contributed by atoms with Crippen molar-refractivity contribution >= 4 is 29.3 Å².